The Balaban J connectivity index is 2.06. The number of rotatable bonds is 11. The molecule has 1 N–H and O–H groups in total. The zero-order valence-electron chi connectivity index (χ0n) is 23.3. The van der Waals surface area contributed by atoms with E-state index in [2.05, 4.69) is 5.32 Å². The van der Waals surface area contributed by atoms with Crippen LogP contribution in [0.3, 0.4) is 0 Å². The first-order valence-electron chi connectivity index (χ1n) is 13.0. The highest BCUT2D eigenvalue weighted by Crippen LogP contribution is 2.27. The summed E-state index contributed by atoms with van der Waals surface area (Å²) < 4.78 is 28.9. The number of anilines is 1. The van der Waals surface area contributed by atoms with E-state index >= 15 is 0 Å². The summed E-state index contributed by atoms with van der Waals surface area (Å²) in [6.07, 6.45) is 0.719. The molecule has 0 saturated carbocycles. The van der Waals surface area contributed by atoms with Crippen molar-refractivity contribution in [3.8, 4) is 0 Å². The van der Waals surface area contributed by atoms with Crippen LogP contribution in [0.15, 0.2) is 71.6 Å². The van der Waals surface area contributed by atoms with E-state index in [4.69, 9.17) is 23.2 Å². The van der Waals surface area contributed by atoms with E-state index < -0.39 is 28.5 Å². The highest BCUT2D eigenvalue weighted by atomic mass is 35.5. The fourth-order valence-corrected chi connectivity index (χ4v) is 5.73. The molecule has 7 nitrogen and oxygen atoms in total. The minimum Gasteiger partial charge on any atom is -0.352 e. The maximum Gasteiger partial charge on any atom is 0.264 e. The van der Waals surface area contributed by atoms with Crippen LogP contribution in [0.4, 0.5) is 5.69 Å². The van der Waals surface area contributed by atoms with Crippen molar-refractivity contribution in [2.24, 2.45) is 0 Å². The van der Waals surface area contributed by atoms with E-state index in [1.807, 2.05) is 33.8 Å². The standard InChI is InChI=1S/C30H35Cl2N3O4S/c1-6-22(4)33-30(37)23(5)34(18-24-9-7-8-10-28(24)32)29(36)19-35(26-14-11-20(2)21(3)17-26)40(38,39)27-15-12-25(31)13-16-27/h7-17,22-23H,6,18-19H2,1-5H3,(H,33,37)/t22-,23+/m0/s1. The summed E-state index contributed by atoms with van der Waals surface area (Å²) in [4.78, 5) is 28.5. The third kappa shape index (κ3) is 7.56. The van der Waals surface area contributed by atoms with Crippen LogP contribution >= 0.6 is 23.2 Å². The quantitative estimate of drug-likeness (QED) is 0.285. The summed E-state index contributed by atoms with van der Waals surface area (Å²) in [5.74, 6) is -0.893. The number of carbonyl (C=O) groups is 2. The normalized spacial score (nSPS) is 12.9. The molecule has 0 heterocycles. The van der Waals surface area contributed by atoms with Crippen LogP contribution in [0.2, 0.25) is 10.0 Å². The summed E-state index contributed by atoms with van der Waals surface area (Å²) >= 11 is 12.4. The highest BCUT2D eigenvalue weighted by molar-refractivity contribution is 7.92. The molecular formula is C30H35Cl2N3O4S. The maximum absolute atomic E-state index is 14.0. The van der Waals surface area contributed by atoms with Crippen LogP contribution in [0.25, 0.3) is 0 Å². The lowest BCUT2D eigenvalue weighted by molar-refractivity contribution is -0.139. The van der Waals surface area contributed by atoms with Gasteiger partial charge >= 0.3 is 0 Å². The molecule has 0 fully saturated rings. The first-order chi connectivity index (χ1) is 18.8. The Morgan fingerprint density at radius 3 is 2.17 bits per heavy atom. The van der Waals surface area contributed by atoms with Crippen molar-refractivity contribution in [1.29, 1.82) is 0 Å². The van der Waals surface area contributed by atoms with Crippen molar-refractivity contribution in [3.63, 3.8) is 0 Å². The summed E-state index contributed by atoms with van der Waals surface area (Å²) in [5, 5.41) is 3.74. The lowest BCUT2D eigenvalue weighted by Crippen LogP contribution is -2.52. The zero-order valence-corrected chi connectivity index (χ0v) is 25.6. The van der Waals surface area contributed by atoms with Gasteiger partial charge in [-0.15, -0.1) is 0 Å². The number of hydrogen-bond donors (Lipinski definition) is 1. The predicted molar refractivity (Wildman–Crippen MR) is 161 cm³/mol. The van der Waals surface area contributed by atoms with Gasteiger partial charge in [0.1, 0.15) is 12.6 Å². The molecule has 0 radical (unpaired) electrons. The van der Waals surface area contributed by atoms with Gasteiger partial charge in [0.2, 0.25) is 11.8 Å². The van der Waals surface area contributed by atoms with Crippen molar-refractivity contribution in [1.82, 2.24) is 10.2 Å². The van der Waals surface area contributed by atoms with Gasteiger partial charge in [-0.1, -0.05) is 54.4 Å². The number of benzene rings is 3. The van der Waals surface area contributed by atoms with Crippen molar-refractivity contribution >= 4 is 50.7 Å². The van der Waals surface area contributed by atoms with E-state index in [0.717, 1.165) is 21.9 Å². The fourth-order valence-electron chi connectivity index (χ4n) is 4.00. The molecule has 40 heavy (non-hydrogen) atoms. The Kier molecular flexibility index (Phi) is 10.6. The lowest BCUT2D eigenvalue weighted by atomic mass is 10.1. The van der Waals surface area contributed by atoms with Crippen LogP contribution in [0, 0.1) is 13.8 Å². The minimum atomic E-state index is -4.18. The minimum absolute atomic E-state index is 0.0110. The third-order valence-corrected chi connectivity index (χ3v) is 9.33. The first kappa shape index (κ1) is 31.5. The van der Waals surface area contributed by atoms with Crippen LogP contribution in [-0.2, 0) is 26.2 Å². The Morgan fingerprint density at radius 1 is 0.925 bits per heavy atom. The Bertz CT molecular complexity index is 1460. The molecule has 0 saturated heterocycles. The Hall–Kier alpha value is -3.07. The van der Waals surface area contributed by atoms with Crippen LogP contribution in [0.5, 0.6) is 0 Å². The zero-order chi connectivity index (χ0) is 29.6. The molecule has 2 atom stereocenters. The second-order valence-corrected chi connectivity index (χ2v) is 12.5. The average molecular weight is 605 g/mol. The molecule has 3 aromatic rings. The van der Waals surface area contributed by atoms with Crippen molar-refractivity contribution in [2.75, 3.05) is 10.8 Å². The topological polar surface area (TPSA) is 86.8 Å². The number of carbonyl (C=O) groups excluding carboxylic acids is 2. The smallest absolute Gasteiger partial charge is 0.264 e. The third-order valence-electron chi connectivity index (χ3n) is 6.93. The monoisotopic (exact) mass is 603 g/mol. The Morgan fingerprint density at radius 2 is 1.57 bits per heavy atom. The number of halogens is 2. The molecule has 3 rings (SSSR count). The van der Waals surface area contributed by atoms with Gasteiger partial charge in [0.05, 0.1) is 10.6 Å². The number of nitrogens with one attached hydrogen (secondary N) is 1. The molecule has 0 aliphatic heterocycles. The van der Waals surface area contributed by atoms with Gasteiger partial charge in [-0.3, -0.25) is 13.9 Å². The molecule has 0 bridgehead atoms. The predicted octanol–water partition coefficient (Wildman–Crippen LogP) is 6.14. The fraction of sp³-hybridized carbons (Fsp3) is 0.333. The highest BCUT2D eigenvalue weighted by Gasteiger charge is 2.33. The Labute approximate surface area is 247 Å². The first-order valence-corrected chi connectivity index (χ1v) is 15.2. The number of aryl methyl sites for hydroxylation is 2. The van der Waals surface area contributed by atoms with Gasteiger partial charge in [0.15, 0.2) is 0 Å². The van der Waals surface area contributed by atoms with Crippen molar-refractivity contribution < 1.29 is 18.0 Å². The summed E-state index contributed by atoms with van der Waals surface area (Å²) in [7, 11) is -4.18. The number of sulfonamides is 1. The van der Waals surface area contributed by atoms with Gasteiger partial charge < -0.3 is 10.2 Å². The van der Waals surface area contributed by atoms with Crippen LogP contribution in [0.1, 0.15) is 43.9 Å². The summed E-state index contributed by atoms with van der Waals surface area (Å²) in [6.45, 7) is 8.75. The molecule has 10 heteroatoms. The number of amides is 2. The number of nitrogens with zero attached hydrogens (tertiary/aromatic N) is 2. The van der Waals surface area contributed by atoms with Gasteiger partial charge in [-0.2, -0.15) is 0 Å². The van der Waals surface area contributed by atoms with E-state index in [1.165, 1.54) is 29.2 Å². The van der Waals surface area contributed by atoms with E-state index in [0.29, 0.717) is 21.3 Å². The molecule has 0 aliphatic carbocycles. The molecule has 3 aromatic carbocycles. The largest absolute Gasteiger partial charge is 0.352 e. The SMILES string of the molecule is CC[C@H](C)NC(=O)[C@@H](C)N(Cc1ccccc1Cl)C(=O)CN(c1ccc(C)c(C)c1)S(=O)(=O)c1ccc(Cl)cc1. The molecule has 0 aromatic heterocycles. The van der Waals surface area contributed by atoms with Gasteiger partial charge in [0, 0.05) is 22.6 Å². The molecule has 0 unspecified atom stereocenters. The molecular weight excluding hydrogens is 569 g/mol. The molecule has 2 amide bonds. The van der Waals surface area contributed by atoms with E-state index in [9.17, 15) is 18.0 Å². The molecule has 0 spiro atoms. The second-order valence-electron chi connectivity index (χ2n) is 9.84. The molecule has 0 aliphatic rings. The van der Waals surface area contributed by atoms with Gasteiger partial charge in [-0.25, -0.2) is 8.42 Å². The van der Waals surface area contributed by atoms with Crippen molar-refractivity contribution in [3.05, 3.63) is 93.5 Å². The second kappa shape index (κ2) is 13.5. The molecule has 214 valence electrons. The summed E-state index contributed by atoms with van der Waals surface area (Å²) in [6, 6.07) is 17.0. The number of hydrogen-bond acceptors (Lipinski definition) is 4. The maximum atomic E-state index is 14.0. The van der Waals surface area contributed by atoms with Crippen LogP contribution in [-0.4, -0.2) is 43.8 Å². The average Bonchev–Trinajstić information content (AvgIpc) is 2.92. The van der Waals surface area contributed by atoms with Gasteiger partial charge in [-0.05, 0) is 93.3 Å². The van der Waals surface area contributed by atoms with E-state index in [1.54, 1.807) is 43.3 Å². The van der Waals surface area contributed by atoms with Gasteiger partial charge in [0.25, 0.3) is 10.0 Å². The lowest BCUT2D eigenvalue weighted by Gasteiger charge is -2.32. The van der Waals surface area contributed by atoms with Crippen molar-refractivity contribution in [2.45, 2.75) is 64.6 Å². The van der Waals surface area contributed by atoms with E-state index in [-0.39, 0.29) is 23.4 Å². The van der Waals surface area contributed by atoms with Crippen LogP contribution < -0.4 is 9.62 Å². The summed E-state index contributed by atoms with van der Waals surface area (Å²) in [5.41, 5.74) is 2.82.